The molecule has 1 N–H and O–H groups in total. The molecule has 1 aromatic heterocycles. The number of amides is 2. The second-order valence-electron chi connectivity index (χ2n) is 8.53. The van der Waals surface area contributed by atoms with Gasteiger partial charge in [-0.1, -0.05) is 25.1 Å². The lowest BCUT2D eigenvalue weighted by atomic mass is 10.0. The van der Waals surface area contributed by atoms with E-state index < -0.39 is 45.1 Å². The Balaban J connectivity index is 1.75. The molecule has 0 unspecified atom stereocenters. The maximum Gasteiger partial charge on any atom is 0.257 e. The van der Waals surface area contributed by atoms with Crippen LogP contribution in [0.5, 0.6) is 0 Å². The summed E-state index contributed by atoms with van der Waals surface area (Å²) >= 11 is 0. The molecule has 1 aliphatic heterocycles. The lowest BCUT2D eigenvalue weighted by Gasteiger charge is -2.29. The molecule has 1 fully saturated rings. The Morgan fingerprint density at radius 1 is 1.09 bits per heavy atom. The maximum absolute atomic E-state index is 14.0. The van der Waals surface area contributed by atoms with Gasteiger partial charge in [-0.3, -0.25) is 9.59 Å². The molecule has 0 bridgehead atoms. The Labute approximate surface area is 197 Å². The van der Waals surface area contributed by atoms with Crippen LogP contribution in [0.15, 0.2) is 27.6 Å². The van der Waals surface area contributed by atoms with E-state index in [1.54, 1.807) is 20.8 Å². The zero-order valence-corrected chi connectivity index (χ0v) is 20.3. The van der Waals surface area contributed by atoms with Crippen LogP contribution in [0.1, 0.15) is 42.1 Å². The number of hydrogen-bond donors (Lipinski definition) is 1. The van der Waals surface area contributed by atoms with Crippen molar-refractivity contribution in [2.75, 3.05) is 26.2 Å². The molecule has 0 aliphatic carbocycles. The summed E-state index contributed by atoms with van der Waals surface area (Å²) in [6, 6.07) is 2.03. The molecule has 34 heavy (non-hydrogen) atoms. The minimum atomic E-state index is -3.87. The zero-order chi connectivity index (χ0) is 25.2. The van der Waals surface area contributed by atoms with E-state index >= 15 is 0 Å². The average molecular weight is 499 g/mol. The van der Waals surface area contributed by atoms with Gasteiger partial charge in [-0.2, -0.15) is 4.31 Å². The van der Waals surface area contributed by atoms with Crippen LogP contribution in [0.25, 0.3) is 0 Å². The number of carbonyl (C=O) groups is 2. The van der Waals surface area contributed by atoms with E-state index in [-0.39, 0.29) is 48.4 Å². The fourth-order valence-corrected chi connectivity index (χ4v) is 5.73. The monoisotopic (exact) mass is 498 g/mol. The van der Waals surface area contributed by atoms with Crippen molar-refractivity contribution in [3.05, 3.63) is 46.9 Å². The summed E-state index contributed by atoms with van der Waals surface area (Å²) < 4.78 is 60.6. The number of halogens is 2. The summed E-state index contributed by atoms with van der Waals surface area (Å²) in [6.45, 7) is 7.06. The third-order valence-corrected chi connectivity index (χ3v) is 7.89. The molecule has 2 heterocycles. The first kappa shape index (κ1) is 25.8. The minimum Gasteiger partial charge on any atom is -0.360 e. The number of aromatic nitrogens is 1. The van der Waals surface area contributed by atoms with Crippen LogP contribution in [-0.2, 0) is 14.8 Å². The number of benzene rings is 1. The van der Waals surface area contributed by atoms with Crippen LogP contribution in [0.4, 0.5) is 8.78 Å². The number of aryl methyl sites for hydroxylation is 2. The lowest BCUT2D eigenvalue weighted by molar-refractivity contribution is -0.134. The highest BCUT2D eigenvalue weighted by atomic mass is 32.2. The highest BCUT2D eigenvalue weighted by Crippen LogP contribution is 2.24. The van der Waals surface area contributed by atoms with Gasteiger partial charge in [0.25, 0.3) is 5.91 Å². The molecule has 0 saturated carbocycles. The first-order valence-corrected chi connectivity index (χ1v) is 12.4. The van der Waals surface area contributed by atoms with Gasteiger partial charge in [-0.25, -0.2) is 17.2 Å². The van der Waals surface area contributed by atoms with Crippen molar-refractivity contribution in [2.45, 2.75) is 45.1 Å². The summed E-state index contributed by atoms with van der Waals surface area (Å²) in [7, 11) is -3.87. The number of sulfonamides is 1. The van der Waals surface area contributed by atoms with E-state index in [9.17, 15) is 26.8 Å². The number of rotatable bonds is 6. The van der Waals surface area contributed by atoms with Gasteiger partial charge in [0.15, 0.2) is 5.76 Å². The quantitative estimate of drug-likeness (QED) is 0.654. The molecule has 1 aliphatic rings. The smallest absolute Gasteiger partial charge is 0.257 e. The molecule has 1 aromatic carbocycles. The van der Waals surface area contributed by atoms with E-state index in [1.165, 1.54) is 16.1 Å². The summed E-state index contributed by atoms with van der Waals surface area (Å²) in [6.07, 6.45) is 0.370. The van der Waals surface area contributed by atoms with E-state index in [2.05, 4.69) is 10.5 Å². The third kappa shape index (κ3) is 5.12. The molecule has 186 valence electrons. The molecule has 0 spiro atoms. The number of hydrogen-bond acceptors (Lipinski definition) is 6. The molecule has 1 saturated heterocycles. The Kier molecular flexibility index (Phi) is 7.71. The van der Waals surface area contributed by atoms with E-state index in [4.69, 9.17) is 4.52 Å². The molecule has 1 atom stereocenters. The van der Waals surface area contributed by atoms with Gasteiger partial charge < -0.3 is 14.7 Å². The van der Waals surface area contributed by atoms with Gasteiger partial charge in [-0.05, 0) is 38.3 Å². The van der Waals surface area contributed by atoms with Crippen molar-refractivity contribution < 1.29 is 31.3 Å². The highest BCUT2D eigenvalue weighted by molar-refractivity contribution is 7.89. The molecule has 12 heteroatoms. The first-order valence-electron chi connectivity index (χ1n) is 10.9. The Morgan fingerprint density at radius 2 is 1.74 bits per heavy atom. The predicted octanol–water partition coefficient (Wildman–Crippen LogP) is 2.25. The van der Waals surface area contributed by atoms with E-state index in [1.807, 2.05) is 0 Å². The minimum absolute atomic E-state index is 0.0199. The SMILES string of the molecule is Cc1noc(C)c1S(=O)(=O)N1CCCN(C(=O)[C@@H](NC(=O)c2c(F)cccc2F)C(C)C)CC1. The van der Waals surface area contributed by atoms with Gasteiger partial charge in [-0.15, -0.1) is 0 Å². The van der Waals surface area contributed by atoms with Gasteiger partial charge in [0, 0.05) is 26.2 Å². The fourth-order valence-electron chi connectivity index (χ4n) is 3.96. The molecular formula is C22H28F2N4O5S. The molecule has 9 nitrogen and oxygen atoms in total. The first-order chi connectivity index (χ1) is 15.9. The third-order valence-electron chi connectivity index (χ3n) is 5.74. The molecular weight excluding hydrogens is 470 g/mol. The maximum atomic E-state index is 14.0. The number of carbonyl (C=O) groups excluding carboxylic acids is 2. The number of nitrogens with zero attached hydrogens (tertiary/aromatic N) is 3. The summed E-state index contributed by atoms with van der Waals surface area (Å²) in [5.74, 6) is -3.71. The van der Waals surface area contributed by atoms with Crippen LogP contribution < -0.4 is 5.32 Å². The van der Waals surface area contributed by atoms with Crippen molar-refractivity contribution >= 4 is 21.8 Å². The highest BCUT2D eigenvalue weighted by Gasteiger charge is 2.35. The van der Waals surface area contributed by atoms with Crippen LogP contribution in [0.3, 0.4) is 0 Å². The Morgan fingerprint density at radius 3 is 2.29 bits per heavy atom. The molecule has 2 aromatic rings. The second-order valence-corrected chi connectivity index (χ2v) is 10.4. The zero-order valence-electron chi connectivity index (χ0n) is 19.5. The van der Waals surface area contributed by atoms with Crippen LogP contribution in [0.2, 0.25) is 0 Å². The van der Waals surface area contributed by atoms with Gasteiger partial charge in [0.2, 0.25) is 15.9 Å². The van der Waals surface area contributed by atoms with Gasteiger partial charge in [0.1, 0.15) is 33.8 Å². The number of nitrogens with one attached hydrogen (secondary N) is 1. The van der Waals surface area contributed by atoms with Crippen molar-refractivity contribution in [3.8, 4) is 0 Å². The van der Waals surface area contributed by atoms with Crippen LogP contribution >= 0.6 is 0 Å². The molecule has 3 rings (SSSR count). The molecule has 0 radical (unpaired) electrons. The summed E-state index contributed by atoms with van der Waals surface area (Å²) in [4.78, 5) is 27.3. The van der Waals surface area contributed by atoms with Crippen molar-refractivity contribution in [3.63, 3.8) is 0 Å². The van der Waals surface area contributed by atoms with Crippen LogP contribution in [0, 0.1) is 31.4 Å². The predicted molar refractivity (Wildman–Crippen MR) is 118 cm³/mol. The average Bonchev–Trinajstić information content (AvgIpc) is 2.95. The standard InChI is InChI=1S/C22H28F2N4O5S/c1-13(2)19(25-21(29)18-16(23)7-5-8-17(18)24)22(30)27-9-6-10-28(12-11-27)34(31,32)20-14(3)26-33-15(20)4/h5,7-8,13,19H,6,9-12H2,1-4H3,(H,25,29)/t19-/m0/s1. The van der Waals surface area contributed by atoms with Gasteiger partial charge >= 0.3 is 0 Å². The normalized spacial score (nSPS) is 16.4. The summed E-state index contributed by atoms with van der Waals surface area (Å²) in [5, 5.41) is 6.16. The summed E-state index contributed by atoms with van der Waals surface area (Å²) in [5.41, 5.74) is -0.494. The van der Waals surface area contributed by atoms with Crippen molar-refractivity contribution in [2.24, 2.45) is 5.92 Å². The van der Waals surface area contributed by atoms with Crippen molar-refractivity contribution in [1.82, 2.24) is 19.7 Å². The van der Waals surface area contributed by atoms with E-state index in [0.717, 1.165) is 18.2 Å². The van der Waals surface area contributed by atoms with Crippen LogP contribution in [-0.4, -0.2) is 66.8 Å². The Bertz CT molecular complexity index is 1140. The fraction of sp³-hybridized carbons (Fsp3) is 0.500. The van der Waals surface area contributed by atoms with Crippen molar-refractivity contribution in [1.29, 1.82) is 0 Å². The Hall–Kier alpha value is -2.86. The second kappa shape index (κ2) is 10.2. The van der Waals surface area contributed by atoms with Gasteiger partial charge in [0.05, 0.1) is 0 Å². The molecule has 2 amide bonds. The van der Waals surface area contributed by atoms with E-state index in [0.29, 0.717) is 6.42 Å². The largest absolute Gasteiger partial charge is 0.360 e. The lowest BCUT2D eigenvalue weighted by Crippen LogP contribution is -2.52. The topological polar surface area (TPSA) is 113 Å².